The van der Waals surface area contributed by atoms with Crippen molar-refractivity contribution in [1.82, 2.24) is 5.32 Å². The van der Waals surface area contributed by atoms with E-state index in [4.69, 9.17) is 4.74 Å². The highest BCUT2D eigenvalue weighted by Crippen LogP contribution is 2.19. The van der Waals surface area contributed by atoms with Gasteiger partial charge < -0.3 is 10.1 Å². The van der Waals surface area contributed by atoms with Crippen LogP contribution in [0.15, 0.2) is 36.4 Å². The summed E-state index contributed by atoms with van der Waals surface area (Å²) in [5, 5.41) is 3.66. The molecule has 0 radical (unpaired) electrons. The van der Waals surface area contributed by atoms with Crippen LogP contribution in [0.2, 0.25) is 0 Å². The molecule has 2 heteroatoms. The molecule has 1 aromatic carbocycles. The molecule has 0 aromatic heterocycles. The van der Waals surface area contributed by atoms with Crippen molar-refractivity contribution in [1.29, 1.82) is 0 Å². The first-order valence-corrected chi connectivity index (χ1v) is 7.33. The second kappa shape index (κ2) is 7.34. The van der Waals surface area contributed by atoms with Gasteiger partial charge in [-0.2, -0.15) is 0 Å². The van der Waals surface area contributed by atoms with Gasteiger partial charge in [0.15, 0.2) is 0 Å². The van der Waals surface area contributed by atoms with E-state index in [2.05, 4.69) is 30.1 Å². The number of hydrogen-bond acceptors (Lipinski definition) is 2. The minimum atomic E-state index is 0.597. The molecule has 0 heterocycles. The van der Waals surface area contributed by atoms with Gasteiger partial charge >= 0.3 is 0 Å². The van der Waals surface area contributed by atoms with Crippen molar-refractivity contribution in [3.63, 3.8) is 0 Å². The van der Waals surface area contributed by atoms with E-state index in [1.165, 1.54) is 37.7 Å². The second-order valence-electron chi connectivity index (χ2n) is 5.61. The Labute approximate surface area is 116 Å². The van der Waals surface area contributed by atoms with Crippen molar-refractivity contribution >= 4 is 0 Å². The molecule has 1 fully saturated rings. The highest BCUT2D eigenvalue weighted by molar-refractivity contribution is 5.28. The van der Waals surface area contributed by atoms with Crippen LogP contribution in [-0.2, 0) is 6.54 Å². The predicted octanol–water partition coefficient (Wildman–Crippen LogP) is 4.06. The Balaban J connectivity index is 1.82. The monoisotopic (exact) mass is 259 g/mol. The molecule has 0 atom stereocenters. The van der Waals surface area contributed by atoms with Crippen LogP contribution in [0.5, 0.6) is 5.75 Å². The summed E-state index contributed by atoms with van der Waals surface area (Å²) < 4.78 is 5.67. The van der Waals surface area contributed by atoms with Gasteiger partial charge in [-0.1, -0.05) is 38.0 Å². The molecule has 0 spiro atoms. The smallest absolute Gasteiger partial charge is 0.120 e. The van der Waals surface area contributed by atoms with Crippen LogP contribution in [-0.4, -0.2) is 12.6 Å². The highest BCUT2D eigenvalue weighted by atomic mass is 16.5. The van der Waals surface area contributed by atoms with Gasteiger partial charge in [-0.15, -0.1) is 0 Å². The average Bonchev–Trinajstić information content (AvgIpc) is 2.44. The fourth-order valence-corrected chi connectivity index (χ4v) is 2.52. The Kier molecular flexibility index (Phi) is 5.46. The molecule has 1 aliphatic rings. The van der Waals surface area contributed by atoms with E-state index in [0.717, 1.165) is 17.9 Å². The van der Waals surface area contributed by atoms with Crippen molar-refractivity contribution in [2.45, 2.75) is 51.6 Å². The standard InChI is InChI=1S/C17H25NO/c1-14(2)13-19-17-10-6-7-15(11-17)12-18-16-8-4-3-5-9-16/h6-7,10-11,16,18H,1,3-5,8-9,12-13H2,2H3. The zero-order valence-corrected chi connectivity index (χ0v) is 12.0. The van der Waals surface area contributed by atoms with Crippen LogP contribution >= 0.6 is 0 Å². The molecule has 2 rings (SSSR count). The molecule has 0 amide bonds. The Morgan fingerprint density at radius 2 is 2.11 bits per heavy atom. The van der Waals surface area contributed by atoms with Crippen molar-refractivity contribution in [3.05, 3.63) is 42.0 Å². The summed E-state index contributed by atoms with van der Waals surface area (Å²) in [5.74, 6) is 0.936. The Morgan fingerprint density at radius 1 is 1.32 bits per heavy atom. The lowest BCUT2D eigenvalue weighted by Gasteiger charge is -2.23. The van der Waals surface area contributed by atoms with Crippen molar-refractivity contribution in [3.8, 4) is 5.75 Å². The zero-order valence-electron chi connectivity index (χ0n) is 12.0. The lowest BCUT2D eigenvalue weighted by Crippen LogP contribution is -2.30. The first-order valence-electron chi connectivity index (χ1n) is 7.33. The molecular formula is C17H25NO. The summed E-state index contributed by atoms with van der Waals surface area (Å²) in [5.41, 5.74) is 2.34. The summed E-state index contributed by atoms with van der Waals surface area (Å²) in [6.45, 7) is 7.37. The van der Waals surface area contributed by atoms with Crippen LogP contribution in [0.3, 0.4) is 0 Å². The summed E-state index contributed by atoms with van der Waals surface area (Å²) >= 11 is 0. The van der Waals surface area contributed by atoms with E-state index < -0.39 is 0 Å². The Morgan fingerprint density at radius 3 is 2.84 bits per heavy atom. The van der Waals surface area contributed by atoms with E-state index in [1.807, 2.05) is 13.0 Å². The number of rotatable bonds is 6. The summed E-state index contributed by atoms with van der Waals surface area (Å²) in [6, 6.07) is 9.05. The molecule has 0 unspecified atom stereocenters. The average molecular weight is 259 g/mol. The van der Waals surface area contributed by atoms with Crippen LogP contribution < -0.4 is 10.1 Å². The largest absolute Gasteiger partial charge is 0.489 e. The molecule has 2 nitrogen and oxygen atoms in total. The summed E-state index contributed by atoms with van der Waals surface area (Å²) in [7, 11) is 0. The van der Waals surface area contributed by atoms with E-state index in [9.17, 15) is 0 Å². The fraction of sp³-hybridized carbons (Fsp3) is 0.529. The molecule has 104 valence electrons. The quantitative estimate of drug-likeness (QED) is 0.778. The van der Waals surface area contributed by atoms with Gasteiger partial charge in [0.2, 0.25) is 0 Å². The van der Waals surface area contributed by atoms with Crippen LogP contribution in [0.1, 0.15) is 44.6 Å². The predicted molar refractivity (Wildman–Crippen MR) is 80.5 cm³/mol. The van der Waals surface area contributed by atoms with Gasteiger partial charge in [0.1, 0.15) is 12.4 Å². The Hall–Kier alpha value is -1.28. The molecule has 1 N–H and O–H groups in total. The lowest BCUT2D eigenvalue weighted by atomic mass is 9.95. The molecule has 1 saturated carbocycles. The zero-order chi connectivity index (χ0) is 13.5. The van der Waals surface area contributed by atoms with Gasteiger partial charge in [0, 0.05) is 12.6 Å². The Bertz CT molecular complexity index is 407. The fourth-order valence-electron chi connectivity index (χ4n) is 2.52. The number of ether oxygens (including phenoxy) is 1. The van der Waals surface area contributed by atoms with Crippen LogP contribution in [0.4, 0.5) is 0 Å². The van der Waals surface area contributed by atoms with Crippen molar-refractivity contribution in [2.24, 2.45) is 0 Å². The van der Waals surface area contributed by atoms with E-state index >= 15 is 0 Å². The molecule has 0 saturated heterocycles. The molecular weight excluding hydrogens is 234 g/mol. The third kappa shape index (κ3) is 5.07. The number of hydrogen-bond donors (Lipinski definition) is 1. The van der Waals surface area contributed by atoms with Gasteiger partial charge in [-0.25, -0.2) is 0 Å². The first-order chi connectivity index (χ1) is 9.24. The van der Waals surface area contributed by atoms with E-state index in [-0.39, 0.29) is 0 Å². The van der Waals surface area contributed by atoms with E-state index in [1.54, 1.807) is 0 Å². The molecule has 1 aliphatic carbocycles. The van der Waals surface area contributed by atoms with Gasteiger partial charge in [0.05, 0.1) is 0 Å². The topological polar surface area (TPSA) is 21.3 Å². The molecule has 0 aliphatic heterocycles. The second-order valence-corrected chi connectivity index (χ2v) is 5.61. The molecule has 0 bridgehead atoms. The van der Waals surface area contributed by atoms with Gasteiger partial charge in [-0.05, 0) is 43.0 Å². The van der Waals surface area contributed by atoms with Crippen molar-refractivity contribution < 1.29 is 4.74 Å². The first kappa shape index (κ1) is 14.1. The minimum Gasteiger partial charge on any atom is -0.489 e. The maximum Gasteiger partial charge on any atom is 0.120 e. The van der Waals surface area contributed by atoms with Crippen LogP contribution in [0, 0.1) is 0 Å². The van der Waals surface area contributed by atoms with Gasteiger partial charge in [0.25, 0.3) is 0 Å². The maximum atomic E-state index is 5.67. The summed E-state index contributed by atoms with van der Waals surface area (Å²) in [4.78, 5) is 0. The van der Waals surface area contributed by atoms with Crippen molar-refractivity contribution in [2.75, 3.05) is 6.61 Å². The third-order valence-corrected chi connectivity index (χ3v) is 3.58. The normalized spacial score (nSPS) is 16.3. The molecule has 1 aromatic rings. The lowest BCUT2D eigenvalue weighted by molar-refractivity contribution is 0.351. The maximum absolute atomic E-state index is 5.67. The summed E-state index contributed by atoms with van der Waals surface area (Å²) in [6.07, 6.45) is 6.80. The minimum absolute atomic E-state index is 0.597. The SMILES string of the molecule is C=C(C)COc1cccc(CNC2CCCCC2)c1. The van der Waals surface area contributed by atoms with Gasteiger partial charge in [-0.3, -0.25) is 0 Å². The number of benzene rings is 1. The van der Waals surface area contributed by atoms with E-state index in [0.29, 0.717) is 12.6 Å². The third-order valence-electron chi connectivity index (χ3n) is 3.58. The highest BCUT2D eigenvalue weighted by Gasteiger charge is 2.12. The van der Waals surface area contributed by atoms with Crippen LogP contribution in [0.25, 0.3) is 0 Å². The number of nitrogens with one attached hydrogen (secondary N) is 1. The molecule has 19 heavy (non-hydrogen) atoms.